The van der Waals surface area contributed by atoms with Crippen LogP contribution in [0.1, 0.15) is 21.6 Å². The predicted octanol–water partition coefficient (Wildman–Crippen LogP) is 5.70. The molecule has 0 aliphatic carbocycles. The molecule has 6 nitrogen and oxygen atoms in total. The van der Waals surface area contributed by atoms with Crippen LogP contribution in [0.4, 0.5) is 0 Å². The molecule has 0 fully saturated rings. The molecule has 5 rings (SSSR count). The molecule has 36 heavy (non-hydrogen) atoms. The van der Waals surface area contributed by atoms with Gasteiger partial charge < -0.3 is 9.47 Å². The Kier molecular flexibility index (Phi) is 6.31. The molecule has 4 aromatic carbocycles. The van der Waals surface area contributed by atoms with Crippen LogP contribution in [0.3, 0.4) is 0 Å². The van der Waals surface area contributed by atoms with Crippen LogP contribution in [0.2, 0.25) is 0 Å². The minimum atomic E-state index is -4.04. The second kappa shape index (κ2) is 9.71. The summed E-state index contributed by atoms with van der Waals surface area (Å²) < 4.78 is 39.8. The van der Waals surface area contributed by atoms with Gasteiger partial charge in [0, 0.05) is 10.9 Å². The zero-order valence-corrected chi connectivity index (χ0v) is 20.3. The molecule has 0 saturated carbocycles. The summed E-state index contributed by atoms with van der Waals surface area (Å²) in [5.74, 6) is 0.415. The Hall–Kier alpha value is -4.36. The molecular formula is C29H23NO5S. The van der Waals surface area contributed by atoms with Gasteiger partial charge in [-0.25, -0.2) is 12.4 Å². The number of ketones is 1. The first-order valence-electron chi connectivity index (χ1n) is 11.3. The average molecular weight is 498 g/mol. The molecule has 0 N–H and O–H groups in total. The molecule has 0 aliphatic rings. The van der Waals surface area contributed by atoms with Crippen LogP contribution in [-0.2, 0) is 16.6 Å². The van der Waals surface area contributed by atoms with Crippen LogP contribution in [0.15, 0.2) is 114 Å². The second-order valence-electron chi connectivity index (χ2n) is 8.14. The van der Waals surface area contributed by atoms with E-state index in [1.54, 1.807) is 66.7 Å². The van der Waals surface area contributed by atoms with E-state index in [1.165, 1.54) is 19.2 Å². The lowest BCUT2D eigenvalue weighted by Crippen LogP contribution is -2.19. The van der Waals surface area contributed by atoms with Gasteiger partial charge in [0.1, 0.15) is 12.3 Å². The van der Waals surface area contributed by atoms with E-state index in [2.05, 4.69) is 0 Å². The SMILES string of the molecule is COc1ccc(C(=O)c2cc3ccccc3n2S(=O)(=O)c2ccccc2)cc1OCc1ccccc1. The smallest absolute Gasteiger partial charge is 0.268 e. The molecule has 1 heterocycles. The number of ether oxygens (including phenoxy) is 2. The number of carbonyl (C=O) groups excluding carboxylic acids is 1. The van der Waals surface area contributed by atoms with Crippen molar-refractivity contribution in [2.45, 2.75) is 11.5 Å². The molecule has 5 aromatic rings. The van der Waals surface area contributed by atoms with Gasteiger partial charge in [-0.05, 0) is 48.0 Å². The summed E-state index contributed by atoms with van der Waals surface area (Å²) in [6.45, 7) is 0.289. The zero-order chi connectivity index (χ0) is 25.1. The topological polar surface area (TPSA) is 74.6 Å². The van der Waals surface area contributed by atoms with Gasteiger partial charge in [-0.15, -0.1) is 0 Å². The Morgan fingerprint density at radius 1 is 0.778 bits per heavy atom. The van der Waals surface area contributed by atoms with E-state index >= 15 is 0 Å². The number of nitrogens with zero attached hydrogens (tertiary/aromatic N) is 1. The second-order valence-corrected chi connectivity index (χ2v) is 9.93. The number of aromatic nitrogens is 1. The van der Waals surface area contributed by atoms with Crippen LogP contribution < -0.4 is 9.47 Å². The summed E-state index contributed by atoms with van der Waals surface area (Å²) in [7, 11) is -2.51. The summed E-state index contributed by atoms with van der Waals surface area (Å²) in [4.78, 5) is 13.9. The summed E-state index contributed by atoms with van der Waals surface area (Å²) in [5.41, 5.74) is 1.72. The quantitative estimate of drug-likeness (QED) is 0.257. The van der Waals surface area contributed by atoms with Gasteiger partial charge in [-0.1, -0.05) is 66.7 Å². The number of hydrogen-bond acceptors (Lipinski definition) is 5. The summed E-state index contributed by atoms with van der Waals surface area (Å²) in [6.07, 6.45) is 0. The van der Waals surface area contributed by atoms with E-state index in [4.69, 9.17) is 9.47 Å². The molecule has 0 bridgehead atoms. The van der Waals surface area contributed by atoms with Gasteiger partial charge in [-0.3, -0.25) is 4.79 Å². The molecule has 0 spiro atoms. The summed E-state index contributed by atoms with van der Waals surface area (Å²) >= 11 is 0. The highest BCUT2D eigenvalue weighted by molar-refractivity contribution is 7.90. The van der Waals surface area contributed by atoms with Crippen LogP contribution in [0.5, 0.6) is 11.5 Å². The Morgan fingerprint density at radius 2 is 1.44 bits per heavy atom. The number of hydrogen-bond donors (Lipinski definition) is 0. The maximum Gasteiger partial charge on any atom is 0.268 e. The number of para-hydroxylation sites is 1. The first kappa shape index (κ1) is 23.4. The van der Waals surface area contributed by atoms with Gasteiger partial charge in [-0.2, -0.15) is 0 Å². The maximum atomic E-state index is 13.8. The lowest BCUT2D eigenvalue weighted by molar-refractivity contribution is 0.103. The standard InChI is InChI=1S/C29H23NO5S/c1-34-27-17-16-23(19-28(27)35-20-21-10-4-2-5-11-21)29(31)26-18-22-12-8-9-15-25(22)30(26)36(32,33)24-13-6-3-7-14-24/h2-19H,20H2,1H3. The van der Waals surface area contributed by atoms with E-state index in [1.807, 2.05) is 30.3 Å². The number of rotatable bonds is 8. The Bertz CT molecular complexity index is 1640. The number of benzene rings is 4. The van der Waals surface area contributed by atoms with Crippen molar-refractivity contribution in [3.05, 3.63) is 126 Å². The minimum absolute atomic E-state index is 0.0410. The Labute approximate surface area is 209 Å². The monoisotopic (exact) mass is 497 g/mol. The van der Waals surface area contributed by atoms with Gasteiger partial charge in [0.25, 0.3) is 10.0 Å². The molecule has 0 atom stereocenters. The third-order valence-corrected chi connectivity index (χ3v) is 7.59. The largest absolute Gasteiger partial charge is 0.493 e. The lowest BCUT2D eigenvalue weighted by atomic mass is 10.1. The molecule has 0 aliphatic heterocycles. The predicted molar refractivity (Wildman–Crippen MR) is 138 cm³/mol. The molecule has 0 radical (unpaired) electrons. The van der Waals surface area contributed by atoms with Crippen molar-refractivity contribution >= 4 is 26.7 Å². The molecule has 7 heteroatoms. The Morgan fingerprint density at radius 3 is 2.17 bits per heavy atom. The molecule has 0 saturated heterocycles. The normalized spacial score (nSPS) is 11.4. The van der Waals surface area contributed by atoms with E-state index in [9.17, 15) is 13.2 Å². The summed E-state index contributed by atoms with van der Waals surface area (Å²) in [6, 6.07) is 31.2. The van der Waals surface area contributed by atoms with Crippen LogP contribution in [0.25, 0.3) is 10.9 Å². The van der Waals surface area contributed by atoms with Crippen LogP contribution in [-0.4, -0.2) is 25.3 Å². The Balaban J connectivity index is 1.59. The molecular weight excluding hydrogens is 474 g/mol. The highest BCUT2D eigenvalue weighted by Crippen LogP contribution is 2.32. The van der Waals surface area contributed by atoms with Crippen molar-refractivity contribution in [2.24, 2.45) is 0 Å². The third-order valence-electron chi connectivity index (χ3n) is 5.84. The molecule has 0 amide bonds. The van der Waals surface area contributed by atoms with Gasteiger partial charge in [0.15, 0.2) is 11.5 Å². The fourth-order valence-electron chi connectivity index (χ4n) is 4.06. The highest BCUT2D eigenvalue weighted by Gasteiger charge is 2.27. The number of methoxy groups -OCH3 is 1. The van der Waals surface area contributed by atoms with Crippen molar-refractivity contribution in [1.29, 1.82) is 0 Å². The van der Waals surface area contributed by atoms with Crippen molar-refractivity contribution < 1.29 is 22.7 Å². The van der Waals surface area contributed by atoms with Crippen molar-refractivity contribution in [2.75, 3.05) is 7.11 Å². The van der Waals surface area contributed by atoms with E-state index in [0.29, 0.717) is 22.4 Å². The fourth-order valence-corrected chi connectivity index (χ4v) is 5.59. The van der Waals surface area contributed by atoms with Crippen LogP contribution in [0, 0.1) is 0 Å². The van der Waals surface area contributed by atoms with E-state index in [-0.39, 0.29) is 22.8 Å². The van der Waals surface area contributed by atoms with E-state index in [0.717, 1.165) is 9.54 Å². The molecule has 180 valence electrons. The number of fused-ring (bicyclic) bond motifs is 1. The molecule has 1 aromatic heterocycles. The fraction of sp³-hybridized carbons (Fsp3) is 0.0690. The minimum Gasteiger partial charge on any atom is -0.493 e. The maximum absolute atomic E-state index is 13.8. The molecule has 0 unspecified atom stereocenters. The van der Waals surface area contributed by atoms with Gasteiger partial charge in [0.2, 0.25) is 5.78 Å². The highest BCUT2D eigenvalue weighted by atomic mass is 32.2. The van der Waals surface area contributed by atoms with Crippen molar-refractivity contribution in [3.63, 3.8) is 0 Å². The summed E-state index contributed by atoms with van der Waals surface area (Å²) in [5, 5.41) is 0.648. The zero-order valence-electron chi connectivity index (χ0n) is 19.5. The lowest BCUT2D eigenvalue weighted by Gasteiger charge is -2.14. The van der Waals surface area contributed by atoms with Gasteiger partial charge >= 0.3 is 0 Å². The van der Waals surface area contributed by atoms with Crippen molar-refractivity contribution in [1.82, 2.24) is 3.97 Å². The van der Waals surface area contributed by atoms with Crippen molar-refractivity contribution in [3.8, 4) is 11.5 Å². The van der Waals surface area contributed by atoms with E-state index < -0.39 is 15.8 Å². The van der Waals surface area contributed by atoms with Gasteiger partial charge in [0.05, 0.1) is 17.5 Å². The number of carbonyl (C=O) groups is 1. The van der Waals surface area contributed by atoms with Crippen LogP contribution >= 0.6 is 0 Å². The first-order valence-corrected chi connectivity index (χ1v) is 12.7. The third kappa shape index (κ3) is 4.36. The average Bonchev–Trinajstić information content (AvgIpc) is 3.33. The first-order chi connectivity index (χ1) is 17.5.